The summed E-state index contributed by atoms with van der Waals surface area (Å²) in [5, 5.41) is 2.22. The van der Waals surface area contributed by atoms with E-state index in [4.69, 9.17) is 4.42 Å². The molecule has 0 unspecified atom stereocenters. The molecule has 0 N–H and O–H groups in total. The maximum Gasteiger partial charge on any atom is 0.333 e. The average Bonchev–Trinajstić information content (AvgIpc) is 1.18. The first kappa shape index (κ1) is 57.2. The van der Waals surface area contributed by atoms with E-state index in [1.165, 1.54) is 89.1 Å². The SMILES string of the molecule is CC(C)(C)c1ccc(N2B3c4cc(C(C)(C)C)ccc4N(c4ccc(C(C)(C)C)cc4-c4ccccc4)c4cc5c(oc6ccccc65)c(c43)-c3cc4c(cc32)C(C)(C)c2cc(N(c3ccc(C(C)(C)C)cc3)c3ccc(C(C)(C)C)cc3)ccc2-4)cc1. The fraction of sp³-hybridized carbons (Fsp3) is 0.277. The molecule has 14 rings (SSSR count). The molecule has 0 saturated carbocycles. The van der Waals surface area contributed by atoms with Crippen LogP contribution in [0.15, 0.2) is 205 Å². The molecule has 0 radical (unpaired) electrons. The van der Waals surface area contributed by atoms with Gasteiger partial charge in [0.1, 0.15) is 11.2 Å². The number of hydrogen-bond donors (Lipinski definition) is 0. The Kier molecular flexibility index (Phi) is 12.8. The maximum atomic E-state index is 7.39. The van der Waals surface area contributed by atoms with E-state index in [9.17, 15) is 0 Å². The molecular weight excluding hydrogens is 1070 g/mol. The average molecular weight is 1150 g/mol. The first-order chi connectivity index (χ1) is 41.6. The van der Waals surface area contributed by atoms with Gasteiger partial charge in [0.2, 0.25) is 0 Å². The minimum Gasteiger partial charge on any atom is -0.455 e. The molecule has 0 bridgehead atoms. The summed E-state index contributed by atoms with van der Waals surface area (Å²) in [5.41, 5.74) is 29.4. The van der Waals surface area contributed by atoms with E-state index in [0.29, 0.717) is 0 Å². The molecule has 0 amide bonds. The number of nitrogens with zero attached hydrogens (tertiary/aromatic N) is 3. The quantitative estimate of drug-likeness (QED) is 0.155. The Hall–Kier alpha value is -8.54. The molecule has 5 heteroatoms. The number of furan rings is 1. The van der Waals surface area contributed by atoms with Crippen LogP contribution in [0.1, 0.15) is 157 Å². The van der Waals surface area contributed by atoms with Crippen molar-refractivity contribution in [2.75, 3.05) is 14.6 Å². The van der Waals surface area contributed by atoms with Gasteiger partial charge in [-0.1, -0.05) is 227 Å². The number of rotatable bonds is 6. The first-order valence-corrected chi connectivity index (χ1v) is 31.9. The van der Waals surface area contributed by atoms with Gasteiger partial charge >= 0.3 is 6.85 Å². The van der Waals surface area contributed by atoms with Crippen LogP contribution in [0, 0.1) is 0 Å². The van der Waals surface area contributed by atoms with Crippen molar-refractivity contribution < 1.29 is 4.42 Å². The Labute approximate surface area is 524 Å². The number of anilines is 8. The highest BCUT2D eigenvalue weighted by molar-refractivity contribution is 6.94. The van der Waals surface area contributed by atoms with E-state index in [-0.39, 0.29) is 39.3 Å². The summed E-state index contributed by atoms with van der Waals surface area (Å²) in [6.07, 6.45) is 0. The molecule has 11 aromatic rings. The van der Waals surface area contributed by atoms with Crippen LogP contribution < -0.4 is 25.5 Å². The molecule has 2 aliphatic heterocycles. The topological polar surface area (TPSA) is 22.9 Å². The molecule has 88 heavy (non-hydrogen) atoms. The predicted octanol–water partition coefficient (Wildman–Crippen LogP) is 22.2. The molecule has 0 spiro atoms. The zero-order valence-electron chi connectivity index (χ0n) is 54.9. The van der Waals surface area contributed by atoms with Crippen LogP contribution >= 0.6 is 0 Å². The van der Waals surface area contributed by atoms with Gasteiger partial charge in [0.25, 0.3) is 0 Å². The van der Waals surface area contributed by atoms with Crippen molar-refractivity contribution in [2.24, 2.45) is 0 Å². The van der Waals surface area contributed by atoms with Gasteiger partial charge in [-0.25, -0.2) is 0 Å². The van der Waals surface area contributed by atoms with Gasteiger partial charge in [-0.15, -0.1) is 0 Å². The Bertz CT molecular complexity index is 4530. The Morgan fingerprint density at radius 3 is 1.49 bits per heavy atom. The second-order valence-electron chi connectivity index (χ2n) is 31.1. The van der Waals surface area contributed by atoms with E-state index in [1.807, 2.05) is 0 Å². The smallest absolute Gasteiger partial charge is 0.333 e. The molecule has 1 aromatic heterocycles. The standard InChI is InChI=1S/C83H84BN3O/c1-78(2,3)52-27-35-57(36-28-52)85(58-37-29-53(30-38-58)79(4,5)6)60-41-42-61-64-48-66-72(50-68(64)83(16,17)67(61)47-60)87(59-39-31-54(32-40-59)80(7,8)9)84-69-46-56(82(13,14)15)34-44-71(69)86(70-43-33-55(81(10,11)12)45-63(70)51-23-19-18-20-24-51)73-49-65-62-25-21-22-26-74(62)88-77(65)75(66)76(73)84/h18-50H,1-17H3. The molecule has 0 atom stereocenters. The second-order valence-corrected chi connectivity index (χ2v) is 31.1. The van der Waals surface area contributed by atoms with Crippen molar-refractivity contribution >= 4 is 85.2 Å². The fourth-order valence-electron chi connectivity index (χ4n) is 14.4. The molecule has 0 fully saturated rings. The van der Waals surface area contributed by atoms with Gasteiger partial charge in [-0.2, -0.15) is 0 Å². The monoisotopic (exact) mass is 1150 g/mol. The number of benzene rings is 10. The highest BCUT2D eigenvalue weighted by Crippen LogP contribution is 2.58. The fourth-order valence-corrected chi connectivity index (χ4v) is 14.4. The predicted molar refractivity (Wildman–Crippen MR) is 379 cm³/mol. The van der Waals surface area contributed by atoms with Crippen molar-refractivity contribution in [1.82, 2.24) is 0 Å². The third-order valence-electron chi connectivity index (χ3n) is 19.6. The van der Waals surface area contributed by atoms with Crippen molar-refractivity contribution in [1.29, 1.82) is 0 Å². The van der Waals surface area contributed by atoms with Crippen LogP contribution in [0.25, 0.3) is 55.3 Å². The van der Waals surface area contributed by atoms with Gasteiger partial charge in [0, 0.05) is 72.7 Å². The van der Waals surface area contributed by atoms with Crippen LogP contribution in [0.3, 0.4) is 0 Å². The first-order valence-electron chi connectivity index (χ1n) is 31.9. The van der Waals surface area contributed by atoms with Gasteiger partial charge in [0.05, 0.1) is 5.69 Å². The summed E-state index contributed by atoms with van der Waals surface area (Å²) in [7, 11) is 0. The lowest BCUT2D eigenvalue weighted by Crippen LogP contribution is -2.61. The van der Waals surface area contributed by atoms with Gasteiger partial charge in [-0.05, 0) is 185 Å². The highest BCUT2D eigenvalue weighted by atomic mass is 16.3. The van der Waals surface area contributed by atoms with Crippen LogP contribution in [-0.4, -0.2) is 6.85 Å². The van der Waals surface area contributed by atoms with Crippen LogP contribution in [0.5, 0.6) is 0 Å². The zero-order valence-corrected chi connectivity index (χ0v) is 54.9. The number of hydrogen-bond acceptors (Lipinski definition) is 4. The summed E-state index contributed by atoms with van der Waals surface area (Å²) < 4.78 is 7.39. The van der Waals surface area contributed by atoms with Gasteiger partial charge in [-0.3, -0.25) is 0 Å². The maximum absolute atomic E-state index is 7.39. The summed E-state index contributed by atoms with van der Waals surface area (Å²) in [6.45, 7) is 39.4. The van der Waals surface area contributed by atoms with E-state index in [0.717, 1.165) is 61.6 Å². The van der Waals surface area contributed by atoms with Gasteiger partial charge in [0.15, 0.2) is 0 Å². The van der Waals surface area contributed by atoms with Crippen LogP contribution in [0.2, 0.25) is 0 Å². The normalized spacial score (nSPS) is 14.4. The molecule has 3 aliphatic rings. The summed E-state index contributed by atoms with van der Waals surface area (Å²) in [4.78, 5) is 7.78. The number of para-hydroxylation sites is 1. The molecule has 0 saturated heterocycles. The zero-order chi connectivity index (χ0) is 61.9. The third-order valence-corrected chi connectivity index (χ3v) is 19.6. The van der Waals surface area contributed by atoms with Crippen molar-refractivity contribution in [3.05, 3.63) is 239 Å². The molecule has 3 heterocycles. The van der Waals surface area contributed by atoms with Crippen molar-refractivity contribution in [2.45, 2.75) is 150 Å². The molecular formula is C83H84BN3O. The lowest BCUT2D eigenvalue weighted by atomic mass is 9.43. The van der Waals surface area contributed by atoms with E-state index in [2.05, 4.69) is 333 Å². The minimum absolute atomic E-state index is 0.0274. The van der Waals surface area contributed by atoms with E-state index in [1.54, 1.807) is 0 Å². The summed E-state index contributed by atoms with van der Waals surface area (Å²) in [5.74, 6) is 0. The van der Waals surface area contributed by atoms with E-state index >= 15 is 0 Å². The van der Waals surface area contributed by atoms with E-state index < -0.39 is 0 Å². The largest absolute Gasteiger partial charge is 0.455 e. The molecule has 4 nitrogen and oxygen atoms in total. The van der Waals surface area contributed by atoms with Crippen LogP contribution in [-0.2, 0) is 32.5 Å². The third kappa shape index (κ3) is 9.23. The van der Waals surface area contributed by atoms with Gasteiger partial charge < -0.3 is 19.0 Å². The summed E-state index contributed by atoms with van der Waals surface area (Å²) >= 11 is 0. The summed E-state index contributed by atoms with van der Waals surface area (Å²) in [6, 6.07) is 77.1. The lowest BCUT2D eigenvalue weighted by molar-refractivity contribution is 0.590. The Morgan fingerprint density at radius 1 is 0.386 bits per heavy atom. The Morgan fingerprint density at radius 2 is 0.898 bits per heavy atom. The lowest BCUT2D eigenvalue weighted by Gasteiger charge is -2.46. The molecule has 440 valence electrons. The highest BCUT2D eigenvalue weighted by Gasteiger charge is 2.49. The molecule has 10 aromatic carbocycles. The van der Waals surface area contributed by atoms with Crippen molar-refractivity contribution in [3.63, 3.8) is 0 Å². The van der Waals surface area contributed by atoms with Crippen molar-refractivity contribution in [3.8, 4) is 33.4 Å². The number of fused-ring (bicyclic) bond motifs is 11. The van der Waals surface area contributed by atoms with Crippen LogP contribution in [0.4, 0.5) is 45.5 Å². The molecule has 1 aliphatic carbocycles. The minimum atomic E-state index is -0.375. The Balaban J connectivity index is 1.07. The second kappa shape index (κ2) is 19.7.